The molecule has 0 spiro atoms. The highest BCUT2D eigenvalue weighted by Gasteiger charge is 2.06. The van der Waals surface area contributed by atoms with Crippen molar-refractivity contribution in [2.24, 2.45) is 17.2 Å². The van der Waals surface area contributed by atoms with E-state index >= 15 is 0 Å². The van der Waals surface area contributed by atoms with Crippen molar-refractivity contribution in [3.05, 3.63) is 0 Å². The first-order valence-corrected chi connectivity index (χ1v) is 7.29. The van der Waals surface area contributed by atoms with Gasteiger partial charge in [-0.3, -0.25) is 4.90 Å². The minimum Gasteiger partial charge on any atom is -0.329 e. The van der Waals surface area contributed by atoms with Crippen molar-refractivity contribution in [1.29, 1.82) is 0 Å². The highest BCUT2D eigenvalue weighted by atomic mass is 15.2. The van der Waals surface area contributed by atoms with Crippen LogP contribution in [0, 0.1) is 0 Å². The van der Waals surface area contributed by atoms with Crippen LogP contribution in [0.15, 0.2) is 0 Å². The van der Waals surface area contributed by atoms with Gasteiger partial charge in [0.05, 0.1) is 0 Å². The standard InChI is InChI=1S/C6H18N4.C6H15N3/c7-1-3-9-5-6-10-4-2-8;7-1-4-9-5-2-8-3-6-9/h9-10H,1-8H2;8H,1-7H2. The van der Waals surface area contributed by atoms with Crippen LogP contribution in [0.5, 0.6) is 0 Å². The van der Waals surface area contributed by atoms with E-state index < -0.39 is 0 Å². The molecule has 1 saturated heterocycles. The molecule has 7 nitrogen and oxygen atoms in total. The summed E-state index contributed by atoms with van der Waals surface area (Å²) in [6, 6.07) is 0. The highest BCUT2D eigenvalue weighted by Crippen LogP contribution is 1.88. The van der Waals surface area contributed by atoms with E-state index in [1.54, 1.807) is 0 Å². The van der Waals surface area contributed by atoms with Gasteiger partial charge in [-0.15, -0.1) is 0 Å². The zero-order chi connectivity index (χ0) is 14.2. The van der Waals surface area contributed by atoms with E-state index in [1.807, 2.05) is 0 Å². The van der Waals surface area contributed by atoms with Crippen molar-refractivity contribution in [3.63, 3.8) is 0 Å². The van der Waals surface area contributed by atoms with Crippen molar-refractivity contribution in [2.45, 2.75) is 0 Å². The Morgan fingerprint density at radius 2 is 1.32 bits per heavy atom. The van der Waals surface area contributed by atoms with E-state index in [0.717, 1.165) is 65.4 Å². The molecular weight excluding hydrogens is 242 g/mol. The zero-order valence-corrected chi connectivity index (χ0v) is 12.2. The molecule has 0 aromatic carbocycles. The SMILES string of the molecule is NCCN1CCNCC1.NCCNCCNCCN. The van der Waals surface area contributed by atoms with Crippen molar-refractivity contribution in [1.82, 2.24) is 20.9 Å². The fourth-order valence-electron chi connectivity index (χ4n) is 1.75. The minimum atomic E-state index is 0.705. The molecule has 0 unspecified atom stereocenters. The molecule has 116 valence electrons. The van der Waals surface area contributed by atoms with Gasteiger partial charge < -0.3 is 33.2 Å². The van der Waals surface area contributed by atoms with Crippen LogP contribution >= 0.6 is 0 Å². The topological polar surface area (TPSA) is 117 Å². The average molecular weight is 275 g/mol. The summed E-state index contributed by atoms with van der Waals surface area (Å²) >= 11 is 0. The summed E-state index contributed by atoms with van der Waals surface area (Å²) in [5.41, 5.74) is 15.9. The summed E-state index contributed by atoms with van der Waals surface area (Å²) in [6.07, 6.45) is 0. The predicted molar refractivity (Wildman–Crippen MR) is 82.2 cm³/mol. The minimum absolute atomic E-state index is 0.705. The number of nitrogens with zero attached hydrogens (tertiary/aromatic N) is 1. The molecule has 0 bridgehead atoms. The molecular formula is C12H33N7. The Hall–Kier alpha value is -0.280. The second-order valence-corrected chi connectivity index (χ2v) is 4.46. The maximum Gasteiger partial charge on any atom is 0.0108 e. The van der Waals surface area contributed by atoms with E-state index in [9.17, 15) is 0 Å². The van der Waals surface area contributed by atoms with E-state index in [-0.39, 0.29) is 0 Å². The van der Waals surface area contributed by atoms with E-state index in [2.05, 4.69) is 20.9 Å². The van der Waals surface area contributed by atoms with Crippen molar-refractivity contribution in [2.75, 3.05) is 78.5 Å². The van der Waals surface area contributed by atoms with E-state index in [0.29, 0.717) is 13.1 Å². The Bertz CT molecular complexity index is 151. The first-order valence-electron chi connectivity index (χ1n) is 7.29. The molecule has 1 rings (SSSR count). The van der Waals surface area contributed by atoms with Crippen molar-refractivity contribution in [3.8, 4) is 0 Å². The van der Waals surface area contributed by atoms with Crippen LogP contribution in [-0.2, 0) is 0 Å². The van der Waals surface area contributed by atoms with Gasteiger partial charge >= 0.3 is 0 Å². The highest BCUT2D eigenvalue weighted by molar-refractivity contribution is 4.66. The molecule has 0 aliphatic carbocycles. The van der Waals surface area contributed by atoms with Gasteiger partial charge in [-0.05, 0) is 0 Å². The van der Waals surface area contributed by atoms with Crippen LogP contribution in [-0.4, -0.2) is 83.4 Å². The molecule has 0 atom stereocenters. The van der Waals surface area contributed by atoms with Gasteiger partial charge in [0.2, 0.25) is 0 Å². The maximum absolute atomic E-state index is 5.40. The molecule has 9 N–H and O–H groups in total. The first kappa shape index (κ1) is 18.7. The summed E-state index contributed by atoms with van der Waals surface area (Å²) < 4.78 is 0. The van der Waals surface area contributed by atoms with Gasteiger partial charge in [-0.25, -0.2) is 0 Å². The Kier molecular flexibility index (Phi) is 15.5. The van der Waals surface area contributed by atoms with E-state index in [4.69, 9.17) is 17.2 Å². The second kappa shape index (κ2) is 15.8. The lowest BCUT2D eigenvalue weighted by Crippen LogP contribution is -2.45. The van der Waals surface area contributed by atoms with E-state index in [1.165, 1.54) is 0 Å². The lowest BCUT2D eigenvalue weighted by molar-refractivity contribution is 0.247. The number of rotatable bonds is 9. The fraction of sp³-hybridized carbons (Fsp3) is 1.00. The fourth-order valence-corrected chi connectivity index (χ4v) is 1.75. The van der Waals surface area contributed by atoms with Crippen LogP contribution < -0.4 is 33.2 Å². The monoisotopic (exact) mass is 275 g/mol. The molecule has 0 amide bonds. The largest absolute Gasteiger partial charge is 0.329 e. The van der Waals surface area contributed by atoms with Gasteiger partial charge in [-0.2, -0.15) is 0 Å². The maximum atomic E-state index is 5.40. The Morgan fingerprint density at radius 3 is 1.74 bits per heavy atom. The number of hydrogen-bond acceptors (Lipinski definition) is 7. The van der Waals surface area contributed by atoms with Crippen LogP contribution in [0.25, 0.3) is 0 Å². The van der Waals surface area contributed by atoms with Gasteiger partial charge in [0.1, 0.15) is 0 Å². The summed E-state index contributed by atoms with van der Waals surface area (Å²) in [5, 5.41) is 9.62. The molecule has 0 saturated carbocycles. The van der Waals surface area contributed by atoms with Gasteiger partial charge in [0, 0.05) is 78.5 Å². The van der Waals surface area contributed by atoms with Crippen LogP contribution in [0.1, 0.15) is 0 Å². The lowest BCUT2D eigenvalue weighted by Gasteiger charge is -2.26. The first-order chi connectivity index (χ1) is 9.35. The second-order valence-electron chi connectivity index (χ2n) is 4.46. The van der Waals surface area contributed by atoms with Crippen LogP contribution in [0.3, 0.4) is 0 Å². The normalized spacial score (nSPS) is 15.9. The summed E-state index contributed by atoms with van der Waals surface area (Å²) in [5.74, 6) is 0. The van der Waals surface area contributed by atoms with Crippen LogP contribution in [0.2, 0.25) is 0 Å². The quantitative estimate of drug-likeness (QED) is 0.247. The number of nitrogens with two attached hydrogens (primary N) is 3. The molecule has 1 aliphatic heterocycles. The van der Waals surface area contributed by atoms with Crippen molar-refractivity contribution < 1.29 is 0 Å². The number of hydrogen-bond donors (Lipinski definition) is 6. The Morgan fingerprint density at radius 1 is 0.789 bits per heavy atom. The van der Waals surface area contributed by atoms with Crippen molar-refractivity contribution >= 4 is 0 Å². The average Bonchev–Trinajstić information content (AvgIpc) is 2.45. The molecule has 0 radical (unpaired) electrons. The zero-order valence-electron chi connectivity index (χ0n) is 12.2. The third kappa shape index (κ3) is 13.9. The lowest BCUT2D eigenvalue weighted by atomic mass is 10.3. The summed E-state index contributed by atoms with van der Waals surface area (Å²) in [7, 11) is 0. The molecule has 0 aromatic heterocycles. The summed E-state index contributed by atoms with van der Waals surface area (Å²) in [6.45, 7) is 11.6. The molecule has 1 aliphatic rings. The van der Waals surface area contributed by atoms with Crippen LogP contribution in [0.4, 0.5) is 0 Å². The predicted octanol–water partition coefficient (Wildman–Crippen LogP) is -3.07. The Balaban J connectivity index is 0.000000342. The Labute approximate surface area is 117 Å². The summed E-state index contributed by atoms with van der Waals surface area (Å²) in [4.78, 5) is 2.39. The molecule has 19 heavy (non-hydrogen) atoms. The molecule has 1 fully saturated rings. The van der Waals surface area contributed by atoms with Gasteiger partial charge in [-0.1, -0.05) is 0 Å². The van der Waals surface area contributed by atoms with Gasteiger partial charge in [0.15, 0.2) is 0 Å². The third-order valence-electron chi connectivity index (χ3n) is 2.78. The third-order valence-corrected chi connectivity index (χ3v) is 2.78. The number of piperazine rings is 1. The number of nitrogens with one attached hydrogen (secondary N) is 3. The van der Waals surface area contributed by atoms with Gasteiger partial charge in [0.25, 0.3) is 0 Å². The smallest absolute Gasteiger partial charge is 0.0108 e. The molecule has 0 aromatic rings. The molecule has 1 heterocycles. The molecule has 7 heteroatoms.